The maximum absolute atomic E-state index is 10.9. The van der Waals surface area contributed by atoms with Gasteiger partial charge in [0, 0.05) is 27.2 Å². The van der Waals surface area contributed by atoms with Crippen molar-refractivity contribution in [2.24, 2.45) is 0 Å². The number of nitrogens with zero attached hydrogens (tertiary/aromatic N) is 2. The first-order chi connectivity index (χ1) is 8.11. The van der Waals surface area contributed by atoms with E-state index in [4.69, 9.17) is 9.47 Å². The van der Waals surface area contributed by atoms with Gasteiger partial charge in [-0.25, -0.2) is 0 Å². The first kappa shape index (κ1) is 13.9. The van der Waals surface area contributed by atoms with Crippen LogP contribution in [-0.4, -0.2) is 75.2 Å². The minimum Gasteiger partial charge on any atom is -0.379 e. The van der Waals surface area contributed by atoms with Crippen LogP contribution < -0.4 is 0 Å². The molecule has 2 fully saturated rings. The molecule has 0 aromatic rings. The van der Waals surface area contributed by atoms with Crippen molar-refractivity contribution in [2.75, 3.05) is 53.6 Å². The highest BCUT2D eigenvalue weighted by molar-refractivity contribution is 5.77. The Morgan fingerprint density at radius 3 is 2.06 bits per heavy atom. The van der Waals surface area contributed by atoms with Gasteiger partial charge in [-0.3, -0.25) is 9.59 Å². The van der Waals surface area contributed by atoms with E-state index in [2.05, 4.69) is 0 Å². The topological polar surface area (TPSA) is 59.1 Å². The third-order valence-electron chi connectivity index (χ3n) is 2.68. The summed E-state index contributed by atoms with van der Waals surface area (Å²) in [6, 6.07) is 0. The number of rotatable bonds is 0. The molecule has 6 nitrogen and oxygen atoms in total. The Kier molecular flexibility index (Phi) is 5.93. The number of carbonyl (C=O) groups is 2. The number of amides is 2. The molecule has 2 heterocycles. The van der Waals surface area contributed by atoms with Crippen LogP contribution in [0.2, 0.25) is 0 Å². The van der Waals surface area contributed by atoms with Crippen LogP contribution in [0.25, 0.3) is 0 Å². The Morgan fingerprint density at radius 1 is 0.882 bits per heavy atom. The van der Waals surface area contributed by atoms with Gasteiger partial charge in [-0.15, -0.1) is 0 Å². The maximum atomic E-state index is 10.9. The number of morpholine rings is 1. The van der Waals surface area contributed by atoms with E-state index in [0.717, 1.165) is 13.1 Å². The zero-order valence-electron chi connectivity index (χ0n) is 10.5. The minimum absolute atomic E-state index is 0.0799. The molecule has 17 heavy (non-hydrogen) atoms. The van der Waals surface area contributed by atoms with Crippen molar-refractivity contribution in [2.45, 2.75) is 6.42 Å². The molecule has 0 aliphatic carbocycles. The molecule has 2 amide bonds. The fraction of sp³-hybridized carbons (Fsp3) is 0.818. The summed E-state index contributed by atoms with van der Waals surface area (Å²) in [6.07, 6.45) is 0.538. The molecule has 0 bridgehead atoms. The summed E-state index contributed by atoms with van der Waals surface area (Å²) in [5.41, 5.74) is 0. The molecule has 0 N–H and O–H groups in total. The van der Waals surface area contributed by atoms with E-state index in [1.165, 1.54) is 0 Å². The third-order valence-corrected chi connectivity index (χ3v) is 2.68. The first-order valence-electron chi connectivity index (χ1n) is 5.74. The van der Waals surface area contributed by atoms with Crippen LogP contribution in [0.3, 0.4) is 0 Å². The Hall–Kier alpha value is -1.14. The van der Waals surface area contributed by atoms with Gasteiger partial charge in [0.2, 0.25) is 11.8 Å². The van der Waals surface area contributed by atoms with Crippen molar-refractivity contribution >= 4 is 11.8 Å². The van der Waals surface area contributed by atoms with E-state index in [9.17, 15) is 9.59 Å². The Labute approximate surface area is 101 Å². The minimum atomic E-state index is 0.0799. The monoisotopic (exact) mass is 244 g/mol. The van der Waals surface area contributed by atoms with Crippen molar-refractivity contribution in [3.8, 4) is 0 Å². The SMILES string of the molecule is CN1CCOCC1=O.CN1CCOCCC1=O. The highest BCUT2D eigenvalue weighted by Crippen LogP contribution is 1.96. The fourth-order valence-electron chi connectivity index (χ4n) is 1.37. The normalized spacial score (nSPS) is 21.8. The van der Waals surface area contributed by atoms with E-state index < -0.39 is 0 Å². The molecule has 0 unspecified atom stereocenters. The van der Waals surface area contributed by atoms with Crippen molar-refractivity contribution in [3.05, 3.63) is 0 Å². The first-order valence-corrected chi connectivity index (χ1v) is 5.74. The lowest BCUT2D eigenvalue weighted by molar-refractivity contribution is -0.140. The number of hydrogen-bond acceptors (Lipinski definition) is 4. The predicted octanol–water partition coefficient (Wildman–Crippen LogP) is -0.660. The standard InChI is InChI=1S/C6H11NO2.C5H9NO2/c1-7-3-5-9-4-2-6(7)8;1-6-2-3-8-4-5(6)7/h2-5H2,1H3;2-4H2,1H3. The molecule has 2 saturated heterocycles. The number of carbonyl (C=O) groups excluding carboxylic acids is 2. The lowest BCUT2D eigenvalue weighted by Gasteiger charge is -2.21. The molecule has 98 valence electrons. The predicted molar refractivity (Wildman–Crippen MR) is 61.5 cm³/mol. The molecular formula is C11H20N2O4. The molecule has 2 rings (SSSR count). The van der Waals surface area contributed by atoms with E-state index in [1.54, 1.807) is 23.9 Å². The third kappa shape index (κ3) is 5.14. The molecule has 2 aliphatic heterocycles. The van der Waals surface area contributed by atoms with Gasteiger partial charge in [-0.05, 0) is 0 Å². The second kappa shape index (κ2) is 7.24. The summed E-state index contributed by atoms with van der Waals surface area (Å²) in [4.78, 5) is 24.8. The molecule has 0 aromatic heterocycles. The maximum Gasteiger partial charge on any atom is 0.248 e. The zero-order valence-corrected chi connectivity index (χ0v) is 10.5. The average Bonchev–Trinajstić information content (AvgIpc) is 2.50. The van der Waals surface area contributed by atoms with Gasteiger partial charge >= 0.3 is 0 Å². The van der Waals surface area contributed by atoms with E-state index >= 15 is 0 Å². The smallest absolute Gasteiger partial charge is 0.248 e. The fourth-order valence-corrected chi connectivity index (χ4v) is 1.37. The summed E-state index contributed by atoms with van der Waals surface area (Å²) < 4.78 is 9.93. The lowest BCUT2D eigenvalue weighted by atomic mass is 10.4. The molecule has 0 atom stereocenters. The van der Waals surface area contributed by atoms with Crippen LogP contribution in [-0.2, 0) is 19.1 Å². The van der Waals surface area contributed by atoms with Gasteiger partial charge in [0.25, 0.3) is 0 Å². The van der Waals surface area contributed by atoms with Crippen LogP contribution >= 0.6 is 0 Å². The summed E-state index contributed by atoms with van der Waals surface area (Å²) in [7, 11) is 3.59. The summed E-state index contributed by atoms with van der Waals surface area (Å²) in [5.74, 6) is 0.267. The van der Waals surface area contributed by atoms with Gasteiger partial charge < -0.3 is 19.3 Å². The molecule has 0 aromatic carbocycles. The van der Waals surface area contributed by atoms with Gasteiger partial charge in [-0.2, -0.15) is 0 Å². The molecule has 2 aliphatic rings. The number of hydrogen-bond donors (Lipinski definition) is 0. The zero-order chi connectivity index (χ0) is 12.7. The Balaban J connectivity index is 0.000000171. The number of ether oxygens (including phenoxy) is 2. The lowest BCUT2D eigenvalue weighted by Crippen LogP contribution is -2.38. The van der Waals surface area contributed by atoms with Crippen LogP contribution in [0.1, 0.15) is 6.42 Å². The van der Waals surface area contributed by atoms with E-state index in [-0.39, 0.29) is 18.4 Å². The Morgan fingerprint density at radius 2 is 1.47 bits per heavy atom. The summed E-state index contributed by atoms with van der Waals surface area (Å²) in [5, 5.41) is 0. The van der Waals surface area contributed by atoms with Gasteiger partial charge in [0.1, 0.15) is 6.61 Å². The van der Waals surface area contributed by atoms with Crippen molar-refractivity contribution < 1.29 is 19.1 Å². The Bertz CT molecular complexity index is 270. The summed E-state index contributed by atoms with van der Waals surface area (Å²) >= 11 is 0. The van der Waals surface area contributed by atoms with Crippen LogP contribution in [0.15, 0.2) is 0 Å². The number of likely N-dealkylation sites (N-methyl/N-ethyl adjacent to an activating group) is 2. The van der Waals surface area contributed by atoms with Gasteiger partial charge in [0.05, 0.1) is 26.2 Å². The molecule has 0 radical (unpaired) electrons. The largest absolute Gasteiger partial charge is 0.379 e. The van der Waals surface area contributed by atoms with Crippen molar-refractivity contribution in [3.63, 3.8) is 0 Å². The molecule has 0 spiro atoms. The van der Waals surface area contributed by atoms with Crippen molar-refractivity contribution in [1.29, 1.82) is 0 Å². The van der Waals surface area contributed by atoms with Gasteiger partial charge in [-0.1, -0.05) is 0 Å². The highest BCUT2D eigenvalue weighted by atomic mass is 16.5. The van der Waals surface area contributed by atoms with Gasteiger partial charge in [0.15, 0.2) is 0 Å². The van der Waals surface area contributed by atoms with E-state index in [0.29, 0.717) is 26.2 Å². The van der Waals surface area contributed by atoms with Crippen LogP contribution in [0.5, 0.6) is 0 Å². The highest BCUT2D eigenvalue weighted by Gasteiger charge is 2.12. The average molecular weight is 244 g/mol. The molecular weight excluding hydrogens is 224 g/mol. The van der Waals surface area contributed by atoms with Crippen LogP contribution in [0, 0.1) is 0 Å². The van der Waals surface area contributed by atoms with E-state index in [1.807, 2.05) is 0 Å². The second-order valence-electron chi connectivity index (χ2n) is 4.05. The second-order valence-corrected chi connectivity index (χ2v) is 4.05. The van der Waals surface area contributed by atoms with Crippen molar-refractivity contribution in [1.82, 2.24) is 9.80 Å². The molecule has 6 heteroatoms. The quantitative estimate of drug-likeness (QED) is 0.567. The molecule has 0 saturated carbocycles. The summed E-state index contributed by atoms with van der Waals surface area (Å²) in [6.45, 7) is 3.68. The van der Waals surface area contributed by atoms with Crippen LogP contribution in [0.4, 0.5) is 0 Å².